The van der Waals surface area contributed by atoms with E-state index in [2.05, 4.69) is 16.1 Å². The van der Waals surface area contributed by atoms with Crippen LogP contribution in [0.15, 0.2) is 12.3 Å². The molecular weight excluding hydrogens is 302 g/mol. The van der Waals surface area contributed by atoms with Gasteiger partial charge in [-0.1, -0.05) is 12.8 Å². The molecule has 1 aliphatic carbocycles. The summed E-state index contributed by atoms with van der Waals surface area (Å²) in [7, 11) is 0. The quantitative estimate of drug-likeness (QED) is 0.900. The summed E-state index contributed by atoms with van der Waals surface area (Å²) in [6.45, 7) is 4.20. The second kappa shape index (κ2) is 7.14. The zero-order chi connectivity index (χ0) is 16.4. The van der Waals surface area contributed by atoms with Crippen LogP contribution in [0.3, 0.4) is 0 Å². The van der Waals surface area contributed by atoms with Gasteiger partial charge < -0.3 is 14.7 Å². The van der Waals surface area contributed by atoms with Gasteiger partial charge >= 0.3 is 0 Å². The molecular formula is C19H31N3O2. The Morgan fingerprint density at radius 2 is 1.96 bits per heavy atom. The van der Waals surface area contributed by atoms with Gasteiger partial charge in [0.15, 0.2) is 0 Å². The SMILES string of the molecule is OCCn1nccc1C1CCN(C[C@@H]2CCC3(CCCC3)O2)CC1. The average Bonchev–Trinajstić information content (AvgIpc) is 3.32. The highest BCUT2D eigenvalue weighted by Crippen LogP contribution is 2.43. The second-order valence-corrected chi connectivity index (χ2v) is 7.95. The van der Waals surface area contributed by atoms with Crippen LogP contribution in [0.1, 0.15) is 63.0 Å². The minimum atomic E-state index is 0.161. The van der Waals surface area contributed by atoms with Crippen molar-refractivity contribution in [2.24, 2.45) is 0 Å². The Labute approximate surface area is 145 Å². The van der Waals surface area contributed by atoms with E-state index in [9.17, 15) is 0 Å². The van der Waals surface area contributed by atoms with Gasteiger partial charge in [-0.2, -0.15) is 5.10 Å². The highest BCUT2D eigenvalue weighted by Gasteiger charge is 2.42. The van der Waals surface area contributed by atoms with Crippen molar-refractivity contribution in [2.45, 2.75) is 75.5 Å². The Kier molecular flexibility index (Phi) is 4.93. The number of aliphatic hydroxyl groups excluding tert-OH is 1. The van der Waals surface area contributed by atoms with Gasteiger partial charge in [-0.25, -0.2) is 0 Å². The Hall–Kier alpha value is -0.910. The summed E-state index contributed by atoms with van der Waals surface area (Å²) in [6.07, 6.45) is 12.5. The molecule has 1 atom stereocenters. The number of hydrogen-bond acceptors (Lipinski definition) is 4. The molecule has 0 radical (unpaired) electrons. The molecule has 1 spiro atoms. The van der Waals surface area contributed by atoms with Gasteiger partial charge in [-0.05, 0) is 57.7 Å². The van der Waals surface area contributed by atoms with Crippen molar-refractivity contribution in [1.29, 1.82) is 0 Å². The van der Waals surface area contributed by atoms with Crippen molar-refractivity contribution >= 4 is 0 Å². The molecule has 3 heterocycles. The third kappa shape index (κ3) is 3.39. The molecule has 4 rings (SSSR count). The largest absolute Gasteiger partial charge is 0.394 e. The van der Waals surface area contributed by atoms with E-state index in [4.69, 9.17) is 9.84 Å². The molecule has 2 aliphatic heterocycles. The zero-order valence-electron chi connectivity index (χ0n) is 14.7. The first-order valence-corrected chi connectivity index (χ1v) is 9.81. The van der Waals surface area contributed by atoms with Crippen molar-refractivity contribution in [3.63, 3.8) is 0 Å². The van der Waals surface area contributed by atoms with E-state index in [1.54, 1.807) is 0 Å². The first kappa shape index (κ1) is 16.6. The minimum absolute atomic E-state index is 0.161. The van der Waals surface area contributed by atoms with Crippen LogP contribution >= 0.6 is 0 Å². The summed E-state index contributed by atoms with van der Waals surface area (Å²) in [5.74, 6) is 0.584. The molecule has 0 aromatic carbocycles. The predicted molar refractivity (Wildman–Crippen MR) is 93.0 cm³/mol. The number of hydrogen-bond donors (Lipinski definition) is 1. The number of piperidine rings is 1. The Morgan fingerprint density at radius 3 is 2.71 bits per heavy atom. The van der Waals surface area contributed by atoms with E-state index in [0.29, 0.717) is 18.6 Å². The Bertz CT molecular complexity index is 530. The van der Waals surface area contributed by atoms with Crippen molar-refractivity contribution in [3.05, 3.63) is 18.0 Å². The molecule has 1 N–H and O–H groups in total. The van der Waals surface area contributed by atoms with Crippen molar-refractivity contribution in [1.82, 2.24) is 14.7 Å². The third-order valence-corrected chi connectivity index (χ3v) is 6.38. The molecule has 1 saturated carbocycles. The molecule has 3 aliphatic rings. The summed E-state index contributed by atoms with van der Waals surface area (Å²) < 4.78 is 8.46. The van der Waals surface area contributed by atoms with Crippen molar-refractivity contribution in [3.8, 4) is 0 Å². The van der Waals surface area contributed by atoms with E-state index in [1.807, 2.05) is 10.9 Å². The number of aromatic nitrogens is 2. The topological polar surface area (TPSA) is 50.5 Å². The van der Waals surface area contributed by atoms with Crippen molar-refractivity contribution < 1.29 is 9.84 Å². The first-order chi connectivity index (χ1) is 11.8. The third-order valence-electron chi connectivity index (χ3n) is 6.38. The van der Waals surface area contributed by atoms with E-state index in [0.717, 1.165) is 19.6 Å². The van der Waals surface area contributed by atoms with Gasteiger partial charge in [0.2, 0.25) is 0 Å². The van der Waals surface area contributed by atoms with E-state index < -0.39 is 0 Å². The summed E-state index contributed by atoms with van der Waals surface area (Å²) in [5, 5.41) is 13.5. The second-order valence-electron chi connectivity index (χ2n) is 7.95. The summed E-state index contributed by atoms with van der Waals surface area (Å²) in [4.78, 5) is 2.60. The fraction of sp³-hybridized carbons (Fsp3) is 0.842. The highest BCUT2D eigenvalue weighted by atomic mass is 16.5. The van der Waals surface area contributed by atoms with Gasteiger partial charge in [0, 0.05) is 24.4 Å². The van der Waals surface area contributed by atoms with Crippen LogP contribution in [-0.4, -0.2) is 57.7 Å². The summed E-state index contributed by atoms with van der Waals surface area (Å²) in [6, 6.07) is 2.12. The number of ether oxygens (including phenoxy) is 1. The van der Waals surface area contributed by atoms with Crippen LogP contribution in [0.5, 0.6) is 0 Å². The van der Waals surface area contributed by atoms with Gasteiger partial charge in [0.1, 0.15) is 0 Å². The van der Waals surface area contributed by atoms with Crippen LogP contribution in [0.4, 0.5) is 0 Å². The molecule has 1 aromatic rings. The molecule has 3 fully saturated rings. The monoisotopic (exact) mass is 333 g/mol. The molecule has 134 valence electrons. The number of nitrogens with zero attached hydrogens (tertiary/aromatic N) is 3. The maximum atomic E-state index is 9.17. The lowest BCUT2D eigenvalue weighted by Gasteiger charge is -2.34. The van der Waals surface area contributed by atoms with E-state index >= 15 is 0 Å². The lowest BCUT2D eigenvalue weighted by molar-refractivity contribution is -0.0491. The van der Waals surface area contributed by atoms with E-state index in [1.165, 1.54) is 57.1 Å². The Morgan fingerprint density at radius 1 is 1.17 bits per heavy atom. The maximum absolute atomic E-state index is 9.17. The van der Waals surface area contributed by atoms with Crippen LogP contribution < -0.4 is 0 Å². The first-order valence-electron chi connectivity index (χ1n) is 9.81. The van der Waals surface area contributed by atoms with Crippen LogP contribution in [-0.2, 0) is 11.3 Å². The fourth-order valence-electron chi connectivity index (χ4n) is 5.08. The lowest BCUT2D eigenvalue weighted by Crippen LogP contribution is -2.39. The zero-order valence-corrected chi connectivity index (χ0v) is 14.7. The van der Waals surface area contributed by atoms with Gasteiger partial charge in [-0.15, -0.1) is 0 Å². The number of rotatable bonds is 5. The molecule has 0 amide bonds. The van der Waals surface area contributed by atoms with E-state index in [-0.39, 0.29) is 12.2 Å². The van der Waals surface area contributed by atoms with Gasteiger partial charge in [0.05, 0.1) is 24.9 Å². The minimum Gasteiger partial charge on any atom is -0.394 e. The molecule has 5 nitrogen and oxygen atoms in total. The number of aliphatic hydroxyl groups is 1. The fourth-order valence-corrected chi connectivity index (χ4v) is 5.08. The summed E-state index contributed by atoms with van der Waals surface area (Å²) >= 11 is 0. The normalized spacial score (nSPS) is 28.1. The van der Waals surface area contributed by atoms with Crippen LogP contribution in [0, 0.1) is 0 Å². The molecule has 5 heteroatoms. The molecule has 2 saturated heterocycles. The molecule has 0 unspecified atom stereocenters. The van der Waals surface area contributed by atoms with Gasteiger partial charge in [-0.3, -0.25) is 4.68 Å². The van der Waals surface area contributed by atoms with Crippen molar-refractivity contribution in [2.75, 3.05) is 26.2 Å². The lowest BCUT2D eigenvalue weighted by atomic mass is 9.93. The van der Waals surface area contributed by atoms with Gasteiger partial charge in [0.25, 0.3) is 0 Å². The highest BCUT2D eigenvalue weighted by molar-refractivity contribution is 5.09. The average molecular weight is 333 g/mol. The molecule has 0 bridgehead atoms. The Balaban J connectivity index is 1.27. The predicted octanol–water partition coefficient (Wildman–Crippen LogP) is 2.55. The smallest absolute Gasteiger partial charge is 0.0710 e. The molecule has 1 aromatic heterocycles. The van der Waals surface area contributed by atoms with Crippen LogP contribution in [0.25, 0.3) is 0 Å². The summed E-state index contributed by atoms with van der Waals surface area (Å²) in [5.41, 5.74) is 1.56. The maximum Gasteiger partial charge on any atom is 0.0710 e. The van der Waals surface area contributed by atoms with Crippen LogP contribution in [0.2, 0.25) is 0 Å². The number of likely N-dealkylation sites (tertiary alicyclic amines) is 1. The standard InChI is InChI=1S/C19H31N3O2/c23-14-13-22-18(4-10-20-22)16-5-11-21(12-6-16)15-17-3-9-19(24-17)7-1-2-8-19/h4,10,16-17,23H,1-3,5-9,11-15H2/t17-/m0/s1. The molecule has 24 heavy (non-hydrogen) atoms.